The topological polar surface area (TPSA) is 13.1 Å². The molecule has 292 valence electrons. The van der Waals surface area contributed by atoms with Gasteiger partial charge < -0.3 is 14.0 Å². The van der Waals surface area contributed by atoms with Gasteiger partial charge in [-0.25, -0.2) is 0 Å². The molecule has 10 aromatic carbocycles. The van der Waals surface area contributed by atoms with Gasteiger partial charge in [0.2, 0.25) is 0 Å². The summed E-state index contributed by atoms with van der Waals surface area (Å²) < 4.78 is 4.77. The van der Waals surface area contributed by atoms with Crippen molar-refractivity contribution in [3.05, 3.63) is 236 Å². The SMILES string of the molecule is Cc1cc(-c2cccc(-n3c4ccccc4c4ccccc43)c2)ccc1N(c1ccc(-c2cccc3ccccc23)cc1)c1ccc(-n2c3ccccc3c3ccccc32)cc1. The van der Waals surface area contributed by atoms with Crippen LogP contribution in [0, 0.1) is 6.92 Å². The lowest BCUT2D eigenvalue weighted by molar-refractivity contribution is 1.17. The molecule has 62 heavy (non-hydrogen) atoms. The van der Waals surface area contributed by atoms with Crippen LogP contribution in [0.1, 0.15) is 5.56 Å². The first-order valence-electron chi connectivity index (χ1n) is 21.3. The lowest BCUT2D eigenvalue weighted by Crippen LogP contribution is -2.11. The maximum absolute atomic E-state index is 2.40. The van der Waals surface area contributed by atoms with Gasteiger partial charge in [-0.3, -0.25) is 0 Å². The maximum atomic E-state index is 2.40. The number of anilines is 3. The van der Waals surface area contributed by atoms with Crippen LogP contribution in [0.25, 0.3) is 88.0 Å². The van der Waals surface area contributed by atoms with Crippen molar-refractivity contribution >= 4 is 71.4 Å². The quantitative estimate of drug-likeness (QED) is 0.157. The molecule has 3 heteroatoms. The van der Waals surface area contributed by atoms with Crippen LogP contribution in [-0.2, 0) is 0 Å². The molecule has 0 saturated carbocycles. The minimum absolute atomic E-state index is 1.09. The Hall–Kier alpha value is -8.14. The van der Waals surface area contributed by atoms with Gasteiger partial charge in [0.15, 0.2) is 0 Å². The van der Waals surface area contributed by atoms with Crippen LogP contribution in [0.4, 0.5) is 17.1 Å². The Morgan fingerprint density at radius 2 is 0.774 bits per heavy atom. The Morgan fingerprint density at radius 1 is 0.323 bits per heavy atom. The summed E-state index contributed by atoms with van der Waals surface area (Å²) in [5, 5.41) is 7.56. The summed E-state index contributed by atoms with van der Waals surface area (Å²) in [6.07, 6.45) is 0. The standard InChI is InChI=1S/C59H41N3/c1-40-38-44(43-16-12-17-48(39-43)62-58-26-10-6-21-53(58)54-22-7-11-27-59(54)62)30-37-55(40)60(45-31-28-42(29-32-45)50-23-13-15-41-14-2-3-18-49(41)50)46-33-35-47(36-34-46)61-56-24-8-4-19-51(56)52-20-5-9-25-57(52)61/h2-39H,1H3. The van der Waals surface area contributed by atoms with Gasteiger partial charge in [0, 0.05) is 50.0 Å². The van der Waals surface area contributed by atoms with E-state index in [1.54, 1.807) is 0 Å². The van der Waals surface area contributed by atoms with Crippen molar-refractivity contribution in [2.24, 2.45) is 0 Å². The van der Waals surface area contributed by atoms with E-state index < -0.39 is 0 Å². The molecule has 12 aromatic rings. The molecule has 2 heterocycles. The largest absolute Gasteiger partial charge is 0.310 e. The highest BCUT2D eigenvalue weighted by molar-refractivity contribution is 6.10. The van der Waals surface area contributed by atoms with Crippen LogP contribution in [0.15, 0.2) is 231 Å². The van der Waals surface area contributed by atoms with Gasteiger partial charge in [0.1, 0.15) is 0 Å². The minimum atomic E-state index is 1.09. The van der Waals surface area contributed by atoms with Crippen LogP contribution in [-0.4, -0.2) is 9.13 Å². The smallest absolute Gasteiger partial charge is 0.0541 e. The van der Waals surface area contributed by atoms with Crippen molar-refractivity contribution in [1.29, 1.82) is 0 Å². The molecular formula is C59H41N3. The highest BCUT2D eigenvalue weighted by atomic mass is 15.1. The first-order valence-corrected chi connectivity index (χ1v) is 21.3. The second-order valence-corrected chi connectivity index (χ2v) is 16.2. The first kappa shape index (κ1) is 35.8. The van der Waals surface area contributed by atoms with Crippen molar-refractivity contribution < 1.29 is 0 Å². The lowest BCUT2D eigenvalue weighted by atomic mass is 9.97. The third kappa shape index (κ3) is 5.82. The van der Waals surface area contributed by atoms with Gasteiger partial charge in [-0.1, -0.05) is 146 Å². The molecule has 0 spiro atoms. The maximum Gasteiger partial charge on any atom is 0.0541 e. The molecule has 0 aliphatic carbocycles. The monoisotopic (exact) mass is 791 g/mol. The molecule has 0 bridgehead atoms. The van der Waals surface area contributed by atoms with Gasteiger partial charge in [-0.15, -0.1) is 0 Å². The van der Waals surface area contributed by atoms with Gasteiger partial charge >= 0.3 is 0 Å². The lowest BCUT2D eigenvalue weighted by Gasteiger charge is -2.28. The van der Waals surface area contributed by atoms with E-state index in [-0.39, 0.29) is 0 Å². The summed E-state index contributed by atoms with van der Waals surface area (Å²) in [6, 6.07) is 83.9. The summed E-state index contributed by atoms with van der Waals surface area (Å²) in [4.78, 5) is 2.40. The number of fused-ring (bicyclic) bond motifs is 7. The molecule has 0 saturated heterocycles. The molecule has 2 aromatic heterocycles. The van der Waals surface area contributed by atoms with Crippen molar-refractivity contribution in [3.63, 3.8) is 0 Å². The fourth-order valence-corrected chi connectivity index (χ4v) is 9.76. The van der Waals surface area contributed by atoms with E-state index in [4.69, 9.17) is 0 Å². The average Bonchev–Trinajstić information content (AvgIpc) is 3.86. The Balaban J connectivity index is 0.963. The van der Waals surface area contributed by atoms with Crippen LogP contribution in [0.3, 0.4) is 0 Å². The Labute approximate surface area is 360 Å². The normalized spacial score (nSPS) is 11.6. The average molecular weight is 792 g/mol. The zero-order chi connectivity index (χ0) is 41.1. The van der Waals surface area contributed by atoms with Gasteiger partial charge in [-0.2, -0.15) is 0 Å². The van der Waals surface area contributed by atoms with E-state index in [1.165, 1.54) is 82.2 Å². The number of hydrogen-bond acceptors (Lipinski definition) is 1. The number of aryl methyl sites for hydroxylation is 1. The zero-order valence-corrected chi connectivity index (χ0v) is 34.3. The number of aromatic nitrogens is 2. The predicted molar refractivity (Wildman–Crippen MR) is 263 cm³/mol. The van der Waals surface area contributed by atoms with Crippen molar-refractivity contribution in [2.75, 3.05) is 4.90 Å². The Morgan fingerprint density at radius 3 is 1.35 bits per heavy atom. The van der Waals surface area contributed by atoms with Crippen molar-refractivity contribution in [2.45, 2.75) is 6.92 Å². The van der Waals surface area contributed by atoms with Crippen LogP contribution in [0.2, 0.25) is 0 Å². The molecule has 0 amide bonds. The molecule has 0 fully saturated rings. The Bertz CT molecular complexity index is 3530. The molecule has 0 radical (unpaired) electrons. The number of hydrogen-bond donors (Lipinski definition) is 0. The van der Waals surface area contributed by atoms with Gasteiger partial charge in [0.25, 0.3) is 0 Å². The second kappa shape index (κ2) is 14.5. The highest BCUT2D eigenvalue weighted by Gasteiger charge is 2.19. The summed E-state index contributed by atoms with van der Waals surface area (Å²) >= 11 is 0. The summed E-state index contributed by atoms with van der Waals surface area (Å²) in [6.45, 7) is 2.24. The van der Waals surface area contributed by atoms with E-state index in [2.05, 4.69) is 251 Å². The van der Waals surface area contributed by atoms with E-state index in [1.807, 2.05) is 0 Å². The predicted octanol–water partition coefficient (Wildman–Crippen LogP) is 16.1. The number of rotatable bonds is 7. The van der Waals surface area contributed by atoms with Gasteiger partial charge in [-0.05, 0) is 130 Å². The highest BCUT2D eigenvalue weighted by Crippen LogP contribution is 2.41. The molecule has 3 nitrogen and oxygen atoms in total. The van der Waals surface area contributed by atoms with Crippen LogP contribution < -0.4 is 4.90 Å². The van der Waals surface area contributed by atoms with E-state index in [9.17, 15) is 0 Å². The zero-order valence-electron chi connectivity index (χ0n) is 34.3. The van der Waals surface area contributed by atoms with Crippen LogP contribution >= 0.6 is 0 Å². The Kier molecular flexibility index (Phi) is 8.39. The molecule has 0 aliphatic heterocycles. The first-order chi connectivity index (χ1) is 30.7. The number of benzene rings is 10. The number of para-hydroxylation sites is 4. The minimum Gasteiger partial charge on any atom is -0.310 e. The summed E-state index contributed by atoms with van der Waals surface area (Å²) in [5.74, 6) is 0. The second-order valence-electron chi connectivity index (χ2n) is 16.2. The molecular weight excluding hydrogens is 751 g/mol. The van der Waals surface area contributed by atoms with E-state index in [0.29, 0.717) is 0 Å². The van der Waals surface area contributed by atoms with Crippen molar-refractivity contribution in [1.82, 2.24) is 9.13 Å². The van der Waals surface area contributed by atoms with Crippen molar-refractivity contribution in [3.8, 4) is 33.6 Å². The van der Waals surface area contributed by atoms with Crippen LogP contribution in [0.5, 0.6) is 0 Å². The molecule has 12 rings (SSSR count). The van der Waals surface area contributed by atoms with E-state index in [0.717, 1.165) is 28.4 Å². The molecule has 0 atom stereocenters. The third-order valence-corrected chi connectivity index (χ3v) is 12.6. The molecule has 0 N–H and O–H groups in total. The van der Waals surface area contributed by atoms with E-state index >= 15 is 0 Å². The third-order valence-electron chi connectivity index (χ3n) is 12.6. The molecule has 0 aliphatic rings. The summed E-state index contributed by atoms with van der Waals surface area (Å²) in [7, 11) is 0. The summed E-state index contributed by atoms with van der Waals surface area (Å²) in [5.41, 5.74) is 16.4. The fourth-order valence-electron chi connectivity index (χ4n) is 9.76. The number of nitrogens with zero attached hydrogens (tertiary/aromatic N) is 3. The van der Waals surface area contributed by atoms with Gasteiger partial charge in [0.05, 0.1) is 22.1 Å². The fraction of sp³-hybridized carbons (Fsp3) is 0.0169. The molecule has 0 unspecified atom stereocenters.